The van der Waals surface area contributed by atoms with Crippen LogP contribution in [-0.2, 0) is 6.61 Å². The van der Waals surface area contributed by atoms with Crippen LogP contribution in [0, 0.1) is 0 Å². The van der Waals surface area contributed by atoms with E-state index in [4.69, 9.17) is 10.3 Å². The number of aliphatic hydroxyl groups is 1. The largest absolute Gasteiger partial charge is 0.489 e. The molecule has 0 heterocycles. The quantitative estimate of drug-likeness (QED) is 0.494. The summed E-state index contributed by atoms with van der Waals surface area (Å²) in [6.07, 6.45) is -0.783. The second-order valence-corrected chi connectivity index (χ2v) is 4.27. The zero-order valence-electron chi connectivity index (χ0n) is 10.9. The number of rotatable bonds is 6. The summed E-state index contributed by atoms with van der Waals surface area (Å²) in [5.74, 6) is 0.730. The predicted octanol–water partition coefficient (Wildman–Crippen LogP) is 3.61. The number of hydrogen-bond donors (Lipinski definition) is 1. The van der Waals surface area contributed by atoms with Crippen LogP contribution in [0.4, 0.5) is 0 Å². The van der Waals surface area contributed by atoms with E-state index >= 15 is 0 Å². The molecule has 20 heavy (non-hydrogen) atoms. The first-order valence-corrected chi connectivity index (χ1v) is 6.25. The Balaban J connectivity index is 1.93. The van der Waals surface area contributed by atoms with E-state index < -0.39 is 6.10 Å². The fourth-order valence-corrected chi connectivity index (χ4v) is 1.75. The number of azide groups is 1. The van der Waals surface area contributed by atoms with E-state index in [1.807, 2.05) is 30.3 Å². The Morgan fingerprint density at radius 1 is 1.10 bits per heavy atom. The van der Waals surface area contributed by atoms with Gasteiger partial charge in [-0.3, -0.25) is 0 Å². The topological polar surface area (TPSA) is 78.2 Å². The molecule has 0 saturated carbocycles. The first-order valence-electron chi connectivity index (χ1n) is 6.25. The molecular formula is C15H15N3O2. The van der Waals surface area contributed by atoms with Crippen LogP contribution in [0.1, 0.15) is 17.2 Å². The molecule has 0 aliphatic carbocycles. The van der Waals surface area contributed by atoms with Crippen molar-refractivity contribution in [2.45, 2.75) is 12.7 Å². The molecule has 2 rings (SSSR count). The molecule has 0 saturated heterocycles. The van der Waals surface area contributed by atoms with Gasteiger partial charge >= 0.3 is 0 Å². The molecule has 0 aromatic heterocycles. The summed E-state index contributed by atoms with van der Waals surface area (Å²) < 4.78 is 5.64. The lowest BCUT2D eigenvalue weighted by atomic mass is 10.1. The summed E-state index contributed by atoms with van der Waals surface area (Å²) in [4.78, 5) is 2.62. The maximum Gasteiger partial charge on any atom is 0.119 e. The van der Waals surface area contributed by atoms with Crippen molar-refractivity contribution in [1.82, 2.24) is 0 Å². The molecule has 0 aliphatic heterocycles. The lowest BCUT2D eigenvalue weighted by Gasteiger charge is -2.10. The Morgan fingerprint density at radius 3 is 2.45 bits per heavy atom. The van der Waals surface area contributed by atoms with Crippen LogP contribution in [0.5, 0.6) is 5.75 Å². The molecule has 2 aromatic rings. The zero-order valence-corrected chi connectivity index (χ0v) is 10.9. The number of aliphatic hydroxyl groups excluding tert-OH is 1. The lowest BCUT2D eigenvalue weighted by Crippen LogP contribution is -2.01. The van der Waals surface area contributed by atoms with Gasteiger partial charge in [-0.1, -0.05) is 47.6 Å². The molecule has 0 amide bonds. The first kappa shape index (κ1) is 13.9. The Hall–Kier alpha value is -2.49. The molecule has 0 fully saturated rings. The summed E-state index contributed by atoms with van der Waals surface area (Å²) in [5.41, 5.74) is 10.0. The van der Waals surface area contributed by atoms with E-state index in [-0.39, 0.29) is 6.54 Å². The zero-order chi connectivity index (χ0) is 14.2. The number of nitrogens with zero attached hydrogens (tertiary/aromatic N) is 3. The number of ether oxygens (including phenoxy) is 1. The minimum atomic E-state index is -0.783. The summed E-state index contributed by atoms with van der Waals surface area (Å²) >= 11 is 0. The molecule has 1 N–H and O–H groups in total. The first-order chi connectivity index (χ1) is 9.79. The van der Waals surface area contributed by atoms with Gasteiger partial charge in [0.05, 0.1) is 12.6 Å². The highest BCUT2D eigenvalue weighted by Crippen LogP contribution is 2.19. The van der Waals surface area contributed by atoms with Crippen LogP contribution in [0.3, 0.4) is 0 Å². The van der Waals surface area contributed by atoms with Crippen molar-refractivity contribution in [3.05, 3.63) is 76.2 Å². The summed E-state index contributed by atoms with van der Waals surface area (Å²) in [6.45, 7) is 0.530. The number of benzene rings is 2. The van der Waals surface area contributed by atoms with E-state index in [0.717, 1.165) is 11.3 Å². The second kappa shape index (κ2) is 7.19. The summed E-state index contributed by atoms with van der Waals surface area (Å²) in [6, 6.07) is 17.0. The minimum absolute atomic E-state index is 0.0285. The van der Waals surface area contributed by atoms with Gasteiger partial charge in [0.25, 0.3) is 0 Å². The smallest absolute Gasteiger partial charge is 0.119 e. The molecule has 5 heteroatoms. The third-order valence-electron chi connectivity index (χ3n) is 2.83. The third-order valence-corrected chi connectivity index (χ3v) is 2.83. The summed E-state index contributed by atoms with van der Waals surface area (Å²) in [5, 5.41) is 13.1. The van der Waals surface area contributed by atoms with Crippen LogP contribution in [0.15, 0.2) is 59.7 Å². The Morgan fingerprint density at radius 2 is 1.80 bits per heavy atom. The normalized spacial score (nSPS) is 11.4. The molecule has 2 aromatic carbocycles. The average molecular weight is 269 g/mol. The highest BCUT2D eigenvalue weighted by molar-refractivity contribution is 5.29. The molecule has 0 radical (unpaired) electrons. The van der Waals surface area contributed by atoms with Crippen molar-refractivity contribution in [3.8, 4) is 5.75 Å². The van der Waals surface area contributed by atoms with Gasteiger partial charge in [0, 0.05) is 4.91 Å². The van der Waals surface area contributed by atoms with Crippen LogP contribution in [0.25, 0.3) is 10.4 Å². The monoisotopic (exact) mass is 269 g/mol. The van der Waals surface area contributed by atoms with Crippen molar-refractivity contribution in [2.24, 2.45) is 5.11 Å². The van der Waals surface area contributed by atoms with Gasteiger partial charge in [-0.15, -0.1) is 0 Å². The average Bonchev–Trinajstić information content (AvgIpc) is 2.52. The van der Waals surface area contributed by atoms with Gasteiger partial charge in [0.1, 0.15) is 12.4 Å². The van der Waals surface area contributed by atoms with Crippen LogP contribution in [-0.4, -0.2) is 11.7 Å². The molecular weight excluding hydrogens is 254 g/mol. The van der Waals surface area contributed by atoms with Crippen LogP contribution < -0.4 is 4.74 Å². The number of hydrogen-bond acceptors (Lipinski definition) is 3. The predicted molar refractivity (Wildman–Crippen MR) is 76.2 cm³/mol. The highest BCUT2D eigenvalue weighted by atomic mass is 16.5. The standard InChI is InChI=1S/C15H15N3O2/c16-18-17-10-15(19)13-6-8-14(9-7-13)20-11-12-4-2-1-3-5-12/h1-9,15,19H,10-11H2. The third kappa shape index (κ3) is 4.02. The van der Waals surface area contributed by atoms with Crippen LogP contribution in [0.2, 0.25) is 0 Å². The molecule has 0 bridgehead atoms. The van der Waals surface area contributed by atoms with Gasteiger partial charge in [0.15, 0.2) is 0 Å². The maximum atomic E-state index is 9.74. The van der Waals surface area contributed by atoms with Crippen molar-refractivity contribution < 1.29 is 9.84 Å². The minimum Gasteiger partial charge on any atom is -0.489 e. The van der Waals surface area contributed by atoms with E-state index in [1.54, 1.807) is 24.3 Å². The highest BCUT2D eigenvalue weighted by Gasteiger charge is 2.06. The molecule has 0 aliphatic rings. The fourth-order valence-electron chi connectivity index (χ4n) is 1.75. The Labute approximate surface area is 117 Å². The van der Waals surface area contributed by atoms with E-state index in [1.165, 1.54) is 0 Å². The van der Waals surface area contributed by atoms with E-state index in [9.17, 15) is 5.11 Å². The van der Waals surface area contributed by atoms with Gasteiger partial charge in [-0.2, -0.15) is 0 Å². The molecule has 1 atom stereocenters. The Kier molecular flexibility index (Phi) is 5.00. The molecule has 1 unspecified atom stereocenters. The Bertz CT molecular complexity index is 578. The van der Waals surface area contributed by atoms with Crippen LogP contribution >= 0.6 is 0 Å². The van der Waals surface area contributed by atoms with Gasteiger partial charge in [-0.25, -0.2) is 0 Å². The van der Waals surface area contributed by atoms with E-state index in [0.29, 0.717) is 12.2 Å². The van der Waals surface area contributed by atoms with Crippen molar-refractivity contribution in [2.75, 3.05) is 6.54 Å². The molecule has 0 spiro atoms. The van der Waals surface area contributed by atoms with Gasteiger partial charge < -0.3 is 9.84 Å². The summed E-state index contributed by atoms with van der Waals surface area (Å²) in [7, 11) is 0. The van der Waals surface area contributed by atoms with Crippen molar-refractivity contribution in [1.29, 1.82) is 0 Å². The molecule has 102 valence electrons. The van der Waals surface area contributed by atoms with E-state index in [2.05, 4.69) is 10.0 Å². The lowest BCUT2D eigenvalue weighted by molar-refractivity contribution is 0.186. The molecule has 5 nitrogen and oxygen atoms in total. The van der Waals surface area contributed by atoms with Crippen molar-refractivity contribution in [3.63, 3.8) is 0 Å². The maximum absolute atomic E-state index is 9.74. The van der Waals surface area contributed by atoms with Crippen molar-refractivity contribution >= 4 is 0 Å². The van der Waals surface area contributed by atoms with Gasteiger partial charge in [-0.05, 0) is 28.8 Å². The SMILES string of the molecule is [N-]=[N+]=NCC(O)c1ccc(OCc2ccccc2)cc1. The van der Waals surface area contributed by atoms with Gasteiger partial charge in [0.2, 0.25) is 0 Å². The fraction of sp³-hybridized carbons (Fsp3) is 0.200. The second-order valence-electron chi connectivity index (χ2n) is 4.27.